The van der Waals surface area contributed by atoms with Crippen LogP contribution in [-0.4, -0.2) is 42.7 Å². The molecule has 1 aliphatic rings. The zero-order valence-corrected chi connectivity index (χ0v) is 14.9. The largest absolute Gasteiger partial charge is 0.492 e. The lowest BCUT2D eigenvalue weighted by molar-refractivity contribution is 0.0247. The van der Waals surface area contributed by atoms with Gasteiger partial charge in [-0.25, -0.2) is 0 Å². The Labute approximate surface area is 137 Å². The zero-order chi connectivity index (χ0) is 15.3. The highest BCUT2D eigenvalue weighted by molar-refractivity contribution is 9.10. The van der Waals surface area contributed by atoms with Crippen LogP contribution < -0.4 is 10.1 Å². The summed E-state index contributed by atoms with van der Waals surface area (Å²) in [4.78, 5) is 2.62. The number of halogens is 1. The maximum absolute atomic E-state index is 5.92. The molecule has 0 spiro atoms. The van der Waals surface area contributed by atoms with Crippen molar-refractivity contribution >= 4 is 15.9 Å². The SMILES string of the molecule is CCC1(CC)CNC(C)CN1CCOc1cccc(Br)c1. The monoisotopic (exact) mass is 354 g/mol. The molecule has 1 aromatic rings. The van der Waals surface area contributed by atoms with Gasteiger partial charge in [0.1, 0.15) is 12.4 Å². The lowest BCUT2D eigenvalue weighted by atomic mass is 9.87. The number of benzene rings is 1. The van der Waals surface area contributed by atoms with E-state index in [9.17, 15) is 0 Å². The van der Waals surface area contributed by atoms with Crippen molar-refractivity contribution in [1.82, 2.24) is 10.2 Å². The molecular weight excluding hydrogens is 328 g/mol. The summed E-state index contributed by atoms with van der Waals surface area (Å²) in [6, 6.07) is 8.62. The Morgan fingerprint density at radius 3 is 2.81 bits per heavy atom. The molecule has 1 unspecified atom stereocenters. The lowest BCUT2D eigenvalue weighted by Crippen LogP contribution is -2.64. The minimum absolute atomic E-state index is 0.285. The summed E-state index contributed by atoms with van der Waals surface area (Å²) in [5, 5.41) is 3.63. The van der Waals surface area contributed by atoms with Crippen LogP contribution in [0.2, 0.25) is 0 Å². The van der Waals surface area contributed by atoms with Gasteiger partial charge in [-0.05, 0) is 38.0 Å². The molecule has 1 saturated heterocycles. The Morgan fingerprint density at radius 1 is 1.38 bits per heavy atom. The van der Waals surface area contributed by atoms with Gasteiger partial charge in [0.25, 0.3) is 0 Å². The number of nitrogens with zero attached hydrogens (tertiary/aromatic N) is 1. The van der Waals surface area contributed by atoms with Crippen molar-refractivity contribution in [3.63, 3.8) is 0 Å². The molecule has 0 saturated carbocycles. The van der Waals surface area contributed by atoms with Crippen molar-refractivity contribution in [1.29, 1.82) is 0 Å². The Balaban J connectivity index is 1.93. The zero-order valence-electron chi connectivity index (χ0n) is 13.4. The molecular formula is C17H27BrN2O. The molecule has 0 bridgehead atoms. The minimum atomic E-state index is 0.285. The summed E-state index contributed by atoms with van der Waals surface area (Å²) in [6.45, 7) is 10.8. The van der Waals surface area contributed by atoms with Gasteiger partial charge in [0, 0.05) is 35.7 Å². The Kier molecular flexibility index (Phi) is 6.08. The molecule has 1 aromatic carbocycles. The van der Waals surface area contributed by atoms with E-state index in [1.54, 1.807) is 0 Å². The first-order valence-corrected chi connectivity index (χ1v) is 8.75. The van der Waals surface area contributed by atoms with Crippen LogP contribution in [0.1, 0.15) is 33.6 Å². The van der Waals surface area contributed by atoms with Crippen LogP contribution in [0.3, 0.4) is 0 Å². The van der Waals surface area contributed by atoms with Crippen LogP contribution >= 0.6 is 15.9 Å². The van der Waals surface area contributed by atoms with Gasteiger partial charge >= 0.3 is 0 Å². The van der Waals surface area contributed by atoms with Gasteiger partial charge in [-0.3, -0.25) is 4.90 Å². The third-order valence-corrected chi connectivity index (χ3v) is 5.18. The van der Waals surface area contributed by atoms with Gasteiger partial charge in [-0.15, -0.1) is 0 Å². The summed E-state index contributed by atoms with van der Waals surface area (Å²) in [5.41, 5.74) is 0.285. The third kappa shape index (κ3) is 4.21. The predicted octanol–water partition coefficient (Wildman–Crippen LogP) is 3.68. The van der Waals surface area contributed by atoms with E-state index in [-0.39, 0.29) is 5.54 Å². The first-order valence-electron chi connectivity index (χ1n) is 7.96. The molecule has 1 fully saturated rings. The third-order valence-electron chi connectivity index (χ3n) is 4.69. The number of ether oxygens (including phenoxy) is 1. The van der Waals surface area contributed by atoms with Crippen molar-refractivity contribution in [2.75, 3.05) is 26.2 Å². The first kappa shape index (κ1) is 16.8. The summed E-state index contributed by atoms with van der Waals surface area (Å²) >= 11 is 3.48. The van der Waals surface area contributed by atoms with E-state index in [4.69, 9.17) is 4.74 Å². The van der Waals surface area contributed by atoms with Crippen molar-refractivity contribution in [2.45, 2.75) is 45.2 Å². The van der Waals surface area contributed by atoms with E-state index in [1.165, 1.54) is 12.8 Å². The Hall–Kier alpha value is -0.580. The number of rotatable bonds is 6. The number of nitrogens with one attached hydrogen (secondary N) is 1. The number of piperazine rings is 1. The molecule has 0 aromatic heterocycles. The molecule has 1 heterocycles. The highest BCUT2D eigenvalue weighted by Crippen LogP contribution is 2.27. The second-order valence-corrected chi connectivity index (χ2v) is 6.88. The van der Waals surface area contributed by atoms with Crippen LogP contribution in [0, 0.1) is 0 Å². The summed E-state index contributed by atoms with van der Waals surface area (Å²) < 4.78 is 6.98. The van der Waals surface area contributed by atoms with E-state index in [1.807, 2.05) is 24.3 Å². The highest BCUT2D eigenvalue weighted by atomic mass is 79.9. The molecule has 4 heteroatoms. The standard InChI is InChI=1S/C17H27BrN2O/c1-4-17(5-2)13-19-14(3)12-20(17)9-10-21-16-8-6-7-15(18)11-16/h6-8,11,14,19H,4-5,9-10,12-13H2,1-3H3. The molecule has 2 rings (SSSR count). The predicted molar refractivity (Wildman–Crippen MR) is 92.0 cm³/mol. The van der Waals surface area contributed by atoms with E-state index in [0.29, 0.717) is 6.04 Å². The van der Waals surface area contributed by atoms with Gasteiger partial charge in [0.05, 0.1) is 0 Å². The molecule has 1 atom stereocenters. The maximum Gasteiger partial charge on any atom is 0.120 e. The average Bonchev–Trinajstić information content (AvgIpc) is 2.48. The van der Waals surface area contributed by atoms with Gasteiger partial charge in [0.15, 0.2) is 0 Å². The first-order chi connectivity index (χ1) is 10.1. The van der Waals surface area contributed by atoms with Gasteiger partial charge in [0.2, 0.25) is 0 Å². The molecule has 21 heavy (non-hydrogen) atoms. The summed E-state index contributed by atoms with van der Waals surface area (Å²) in [7, 11) is 0. The molecule has 0 amide bonds. The number of hydrogen-bond acceptors (Lipinski definition) is 3. The number of hydrogen-bond donors (Lipinski definition) is 1. The van der Waals surface area contributed by atoms with Gasteiger partial charge in [-0.1, -0.05) is 35.8 Å². The van der Waals surface area contributed by atoms with Crippen LogP contribution in [0.4, 0.5) is 0 Å². The molecule has 0 radical (unpaired) electrons. The molecule has 3 nitrogen and oxygen atoms in total. The average molecular weight is 355 g/mol. The minimum Gasteiger partial charge on any atom is -0.492 e. The molecule has 118 valence electrons. The van der Waals surface area contributed by atoms with Crippen LogP contribution in [-0.2, 0) is 0 Å². The van der Waals surface area contributed by atoms with Crippen LogP contribution in [0.5, 0.6) is 5.75 Å². The second-order valence-electron chi connectivity index (χ2n) is 5.97. The fourth-order valence-electron chi connectivity index (χ4n) is 3.17. The highest BCUT2D eigenvalue weighted by Gasteiger charge is 2.37. The van der Waals surface area contributed by atoms with Crippen molar-refractivity contribution in [2.24, 2.45) is 0 Å². The van der Waals surface area contributed by atoms with Gasteiger partial charge in [-0.2, -0.15) is 0 Å². The fraction of sp³-hybridized carbons (Fsp3) is 0.647. The molecule has 1 aliphatic heterocycles. The summed E-state index contributed by atoms with van der Waals surface area (Å²) in [6.07, 6.45) is 2.36. The lowest BCUT2D eigenvalue weighted by Gasteiger charge is -2.49. The normalized spacial score (nSPS) is 22.2. The van der Waals surface area contributed by atoms with Crippen LogP contribution in [0.15, 0.2) is 28.7 Å². The molecule has 0 aliphatic carbocycles. The topological polar surface area (TPSA) is 24.5 Å². The quantitative estimate of drug-likeness (QED) is 0.843. The Bertz CT molecular complexity index is 448. The molecule has 1 N–H and O–H groups in total. The van der Waals surface area contributed by atoms with E-state index < -0.39 is 0 Å². The smallest absolute Gasteiger partial charge is 0.120 e. The Morgan fingerprint density at radius 2 is 2.14 bits per heavy atom. The van der Waals surface area contributed by atoms with Crippen molar-refractivity contribution < 1.29 is 4.74 Å². The van der Waals surface area contributed by atoms with Crippen LogP contribution in [0.25, 0.3) is 0 Å². The second kappa shape index (κ2) is 7.61. The van der Waals surface area contributed by atoms with Crippen molar-refractivity contribution in [3.8, 4) is 5.75 Å². The van der Waals surface area contributed by atoms with E-state index in [0.717, 1.165) is 36.5 Å². The maximum atomic E-state index is 5.92. The fourth-order valence-corrected chi connectivity index (χ4v) is 3.55. The van der Waals surface area contributed by atoms with Gasteiger partial charge < -0.3 is 10.1 Å². The van der Waals surface area contributed by atoms with E-state index >= 15 is 0 Å². The van der Waals surface area contributed by atoms with E-state index in [2.05, 4.69) is 46.9 Å². The summed E-state index contributed by atoms with van der Waals surface area (Å²) in [5.74, 6) is 0.936. The van der Waals surface area contributed by atoms with Crippen molar-refractivity contribution in [3.05, 3.63) is 28.7 Å².